The van der Waals surface area contributed by atoms with Gasteiger partial charge in [-0.15, -0.1) is 0 Å². The molecule has 0 aliphatic carbocycles. The Balaban J connectivity index is 6.17. The summed E-state index contributed by atoms with van der Waals surface area (Å²) in [6.07, 6.45) is 7.22. The van der Waals surface area contributed by atoms with Gasteiger partial charge in [0.15, 0.2) is 0 Å². The quantitative estimate of drug-likeness (QED) is 0.471. The maximum atomic E-state index is 5.22. The van der Waals surface area contributed by atoms with Crippen LogP contribution in [-0.2, 0) is 19.4 Å². The van der Waals surface area contributed by atoms with Crippen molar-refractivity contribution in [1.29, 1.82) is 0 Å². The van der Waals surface area contributed by atoms with Crippen LogP contribution in [0.3, 0.4) is 0 Å². The molecule has 0 aliphatic heterocycles. The topological polar surface area (TPSA) is 0 Å². The summed E-state index contributed by atoms with van der Waals surface area (Å²) < 4.78 is 0.898. The van der Waals surface area contributed by atoms with Gasteiger partial charge in [-0.2, -0.15) is 0 Å². The number of terminal acetylenes is 1. The van der Waals surface area contributed by atoms with Crippen molar-refractivity contribution in [2.24, 2.45) is 0 Å². The molecule has 0 aromatic heterocycles. The van der Waals surface area contributed by atoms with Crippen LogP contribution < -0.4 is 0 Å². The van der Waals surface area contributed by atoms with Gasteiger partial charge in [-0.3, -0.25) is 0 Å². The van der Waals surface area contributed by atoms with Gasteiger partial charge in [-0.05, 0) is 0 Å². The average Bonchev–Trinajstić information content (AvgIpc) is 2.46. The number of hydrogen-bond donors (Lipinski definition) is 0. The summed E-state index contributed by atoms with van der Waals surface area (Å²) in [6, 6.07) is 0. The summed E-state index contributed by atoms with van der Waals surface area (Å²) in [5, 5.41) is 0. The maximum absolute atomic E-state index is 5.22. The monoisotopic (exact) mass is 426 g/mol. The van der Waals surface area contributed by atoms with Gasteiger partial charge in [0.25, 0.3) is 0 Å². The van der Waals surface area contributed by atoms with E-state index in [9.17, 15) is 0 Å². The van der Waals surface area contributed by atoms with Crippen molar-refractivity contribution >= 4 is 3.90 Å². The molecule has 0 aliphatic rings. The molecule has 1 heteroatoms. The van der Waals surface area contributed by atoms with Crippen LogP contribution in [0.25, 0.3) is 0 Å². The molecule has 0 atom stereocenters. The number of hydrogen-bond acceptors (Lipinski definition) is 0. The van der Waals surface area contributed by atoms with Gasteiger partial charge in [0.2, 0.25) is 0 Å². The van der Waals surface area contributed by atoms with Crippen LogP contribution in [0.15, 0.2) is 22.8 Å². The van der Waals surface area contributed by atoms with Gasteiger partial charge < -0.3 is 0 Å². The molecular weight excluding hydrogens is 412 g/mol. The first kappa shape index (κ1) is 17.8. The fraction of sp³-hybridized carbons (Fsp3) is 0.211. The molecule has 0 N–H and O–H groups in total. The summed E-state index contributed by atoms with van der Waals surface area (Å²) in [4.78, 5) is 0. The molecule has 96 valence electrons. The predicted octanol–water partition coefficient (Wildman–Crippen LogP) is 2.66. The van der Waals surface area contributed by atoms with E-state index in [1.165, 1.54) is 19.4 Å². The zero-order valence-corrected chi connectivity index (χ0v) is 15.0. The molecule has 0 amide bonds. The van der Waals surface area contributed by atoms with Crippen molar-refractivity contribution in [3.8, 4) is 59.7 Å². The molecule has 0 nitrogen and oxygen atoms in total. The van der Waals surface area contributed by atoms with Crippen molar-refractivity contribution in [3.05, 3.63) is 22.8 Å². The fourth-order valence-electron chi connectivity index (χ4n) is 1.17. The molecule has 0 spiro atoms. The molecule has 20 heavy (non-hydrogen) atoms. The number of rotatable bonds is 2. The summed E-state index contributed by atoms with van der Waals surface area (Å²) in [7, 11) is 0. The molecule has 0 saturated heterocycles. The second kappa shape index (κ2) is 10.7. The Kier molecular flexibility index (Phi) is 9.57. The van der Waals surface area contributed by atoms with Gasteiger partial charge in [-0.25, -0.2) is 0 Å². The Morgan fingerprint density at radius 2 is 1.65 bits per heavy atom. The first-order valence-electron chi connectivity index (χ1n) is 5.86. The zero-order chi connectivity index (χ0) is 15.4. The summed E-state index contributed by atoms with van der Waals surface area (Å²) >= 11 is 1.21. The average molecular weight is 426 g/mol. The Labute approximate surface area is 133 Å². The Bertz CT molecular complexity index is 734. The van der Waals surface area contributed by atoms with Gasteiger partial charge in [0.1, 0.15) is 0 Å². The first-order valence-corrected chi connectivity index (χ1v) is 7.33. The standard InChI is InChI=1S/C19H14.W/c1-6-10-12-13-16-18(15-11-7-2)19(14-8-3)17(5)9-4;/h2,9H,1,3-5H3;. The van der Waals surface area contributed by atoms with Gasteiger partial charge in [0, 0.05) is 0 Å². The van der Waals surface area contributed by atoms with Gasteiger partial charge in [-0.1, -0.05) is 0 Å². The molecule has 0 aromatic carbocycles. The molecule has 0 rings (SSSR count). The Morgan fingerprint density at radius 3 is 2.15 bits per heavy atom. The van der Waals surface area contributed by atoms with Crippen molar-refractivity contribution in [2.45, 2.75) is 27.7 Å². The van der Waals surface area contributed by atoms with Crippen molar-refractivity contribution in [2.75, 3.05) is 0 Å². The van der Waals surface area contributed by atoms with E-state index in [1.54, 1.807) is 13.8 Å². The third kappa shape index (κ3) is 6.14. The minimum absolute atomic E-state index is 0.799. The van der Waals surface area contributed by atoms with Crippen molar-refractivity contribution in [1.82, 2.24) is 0 Å². The molecular formula is C19H14W. The van der Waals surface area contributed by atoms with Crippen LogP contribution in [0.5, 0.6) is 0 Å². The van der Waals surface area contributed by atoms with Crippen LogP contribution in [0.1, 0.15) is 27.7 Å². The zero-order valence-electron chi connectivity index (χ0n) is 12.1. The van der Waals surface area contributed by atoms with E-state index in [0.717, 1.165) is 20.6 Å². The van der Waals surface area contributed by atoms with Crippen LogP contribution in [-0.4, -0.2) is 3.90 Å². The Hall–Kier alpha value is -2.16. The van der Waals surface area contributed by atoms with E-state index in [1.807, 2.05) is 19.9 Å². The molecule has 0 aromatic rings. The molecule has 0 saturated carbocycles. The SMILES string of the molecule is C#CC#CC([C](=[W])C#CC#CC)=C(C#CC)C(C)=CC. The number of allylic oxidation sites excluding steroid dienone is 4. The van der Waals surface area contributed by atoms with Crippen LogP contribution in [0.4, 0.5) is 0 Å². The molecule has 0 bridgehead atoms. The van der Waals surface area contributed by atoms with E-state index in [4.69, 9.17) is 6.42 Å². The summed E-state index contributed by atoms with van der Waals surface area (Å²) in [5.74, 6) is 25.2. The van der Waals surface area contributed by atoms with Gasteiger partial charge in [0.05, 0.1) is 0 Å². The molecule has 0 unspecified atom stereocenters. The third-order valence-corrected chi connectivity index (χ3v) is 3.28. The molecule has 0 fully saturated rings. The fourth-order valence-corrected chi connectivity index (χ4v) is 1.91. The molecule has 0 heterocycles. The third-order valence-electron chi connectivity index (χ3n) is 2.18. The normalized spacial score (nSPS) is 9.65. The Morgan fingerprint density at radius 1 is 0.950 bits per heavy atom. The second-order valence-corrected chi connectivity index (χ2v) is 4.91. The molecule has 0 radical (unpaired) electrons. The predicted molar refractivity (Wildman–Crippen MR) is 82.7 cm³/mol. The van der Waals surface area contributed by atoms with Crippen molar-refractivity contribution in [3.63, 3.8) is 0 Å². The first-order chi connectivity index (χ1) is 9.62. The minimum atomic E-state index is 0.799. The van der Waals surface area contributed by atoms with E-state index < -0.39 is 0 Å². The van der Waals surface area contributed by atoms with E-state index >= 15 is 0 Å². The summed E-state index contributed by atoms with van der Waals surface area (Å²) in [5.41, 5.74) is 2.73. The van der Waals surface area contributed by atoms with Crippen LogP contribution in [0.2, 0.25) is 0 Å². The van der Waals surface area contributed by atoms with Crippen molar-refractivity contribution < 1.29 is 19.4 Å². The summed E-state index contributed by atoms with van der Waals surface area (Å²) in [6.45, 7) is 7.52. The van der Waals surface area contributed by atoms with E-state index in [0.29, 0.717) is 0 Å². The van der Waals surface area contributed by atoms with Crippen LogP contribution >= 0.6 is 0 Å². The second-order valence-electron chi connectivity index (χ2n) is 3.45. The van der Waals surface area contributed by atoms with E-state index in [2.05, 4.69) is 53.3 Å². The van der Waals surface area contributed by atoms with E-state index in [-0.39, 0.29) is 0 Å². The van der Waals surface area contributed by atoms with Gasteiger partial charge >= 0.3 is 133 Å². The van der Waals surface area contributed by atoms with Crippen LogP contribution in [0, 0.1) is 59.7 Å².